The first-order valence-electron chi connectivity index (χ1n) is 10.2. The standard InChI is InChI=1S/C24H23N5O2/c1-30-21-11-10-16(14-22(21)31-2)20-12-13-25-24-27-23(28-29(20)24)9-5-6-17-15-26-19-8-4-3-7-18(17)19/h3-4,7-8,10-15,26H,5-6,9H2,1-2H3. The molecule has 31 heavy (non-hydrogen) atoms. The summed E-state index contributed by atoms with van der Waals surface area (Å²) in [5.41, 5.74) is 4.36. The minimum absolute atomic E-state index is 0.592. The average molecular weight is 413 g/mol. The Labute approximate surface area is 179 Å². The quantitative estimate of drug-likeness (QED) is 0.426. The lowest BCUT2D eigenvalue weighted by atomic mass is 10.1. The van der Waals surface area contributed by atoms with Crippen LogP contribution in [-0.4, -0.2) is 38.8 Å². The number of para-hydroxylation sites is 1. The zero-order valence-corrected chi connectivity index (χ0v) is 17.5. The molecule has 0 unspecified atom stereocenters. The molecule has 0 fully saturated rings. The van der Waals surface area contributed by atoms with Gasteiger partial charge in [-0.25, -0.2) is 4.98 Å². The fourth-order valence-electron chi connectivity index (χ4n) is 3.93. The number of aromatic amines is 1. The summed E-state index contributed by atoms with van der Waals surface area (Å²) in [4.78, 5) is 12.4. The highest BCUT2D eigenvalue weighted by Crippen LogP contribution is 2.32. The molecule has 5 aromatic rings. The topological polar surface area (TPSA) is 77.3 Å². The first kappa shape index (κ1) is 19.1. The van der Waals surface area contributed by atoms with Crippen molar-refractivity contribution in [3.05, 3.63) is 72.3 Å². The van der Waals surface area contributed by atoms with Crippen LogP contribution in [0.1, 0.15) is 17.8 Å². The van der Waals surface area contributed by atoms with Gasteiger partial charge in [-0.2, -0.15) is 9.50 Å². The number of nitrogens with one attached hydrogen (secondary N) is 1. The third-order valence-electron chi connectivity index (χ3n) is 5.49. The van der Waals surface area contributed by atoms with Gasteiger partial charge in [-0.1, -0.05) is 18.2 Å². The average Bonchev–Trinajstić information content (AvgIpc) is 3.42. The van der Waals surface area contributed by atoms with E-state index in [1.807, 2.05) is 30.3 Å². The minimum Gasteiger partial charge on any atom is -0.493 e. The summed E-state index contributed by atoms with van der Waals surface area (Å²) in [6, 6.07) is 16.1. The van der Waals surface area contributed by atoms with Crippen molar-refractivity contribution in [1.29, 1.82) is 0 Å². The molecule has 0 atom stereocenters. The number of aryl methyl sites for hydroxylation is 2. The molecule has 7 heteroatoms. The van der Waals surface area contributed by atoms with Crippen molar-refractivity contribution in [2.24, 2.45) is 0 Å². The van der Waals surface area contributed by atoms with Crippen LogP contribution >= 0.6 is 0 Å². The molecule has 3 heterocycles. The van der Waals surface area contributed by atoms with Gasteiger partial charge in [0.2, 0.25) is 0 Å². The molecule has 0 aliphatic rings. The molecule has 1 N–H and O–H groups in total. The van der Waals surface area contributed by atoms with Crippen LogP contribution in [0.5, 0.6) is 11.5 Å². The number of ether oxygens (including phenoxy) is 2. The van der Waals surface area contributed by atoms with E-state index in [0.717, 1.165) is 36.3 Å². The highest BCUT2D eigenvalue weighted by Gasteiger charge is 2.13. The van der Waals surface area contributed by atoms with Gasteiger partial charge in [-0.3, -0.25) is 0 Å². The first-order valence-corrected chi connectivity index (χ1v) is 10.2. The van der Waals surface area contributed by atoms with Gasteiger partial charge in [-0.15, -0.1) is 5.10 Å². The summed E-state index contributed by atoms with van der Waals surface area (Å²) >= 11 is 0. The molecule has 3 aromatic heterocycles. The van der Waals surface area contributed by atoms with Gasteiger partial charge in [0, 0.05) is 35.3 Å². The van der Waals surface area contributed by atoms with E-state index in [4.69, 9.17) is 14.6 Å². The summed E-state index contributed by atoms with van der Waals surface area (Å²) in [6.07, 6.45) is 6.57. The number of H-pyrrole nitrogens is 1. The fourth-order valence-corrected chi connectivity index (χ4v) is 3.93. The van der Waals surface area contributed by atoms with E-state index in [-0.39, 0.29) is 0 Å². The number of nitrogens with zero attached hydrogens (tertiary/aromatic N) is 4. The largest absolute Gasteiger partial charge is 0.493 e. The third-order valence-corrected chi connectivity index (χ3v) is 5.49. The number of rotatable bonds is 7. The van der Waals surface area contributed by atoms with E-state index in [2.05, 4.69) is 39.3 Å². The Morgan fingerprint density at radius 3 is 2.71 bits per heavy atom. The zero-order chi connectivity index (χ0) is 21.2. The molecule has 0 radical (unpaired) electrons. The molecule has 0 amide bonds. The van der Waals surface area contributed by atoms with E-state index in [0.29, 0.717) is 17.3 Å². The number of methoxy groups -OCH3 is 2. The molecular formula is C24H23N5O2. The number of aromatic nitrogens is 5. The van der Waals surface area contributed by atoms with E-state index in [9.17, 15) is 0 Å². The van der Waals surface area contributed by atoms with E-state index < -0.39 is 0 Å². The molecule has 2 aromatic carbocycles. The van der Waals surface area contributed by atoms with Crippen LogP contribution in [-0.2, 0) is 12.8 Å². The SMILES string of the molecule is COc1ccc(-c2ccnc3nc(CCCc4c[nH]c5ccccc45)nn23)cc1OC. The molecule has 7 nitrogen and oxygen atoms in total. The van der Waals surface area contributed by atoms with Crippen molar-refractivity contribution in [3.63, 3.8) is 0 Å². The van der Waals surface area contributed by atoms with Crippen LogP contribution in [0.25, 0.3) is 27.9 Å². The smallest absolute Gasteiger partial charge is 0.252 e. The molecule has 0 saturated carbocycles. The predicted molar refractivity (Wildman–Crippen MR) is 120 cm³/mol. The second-order valence-electron chi connectivity index (χ2n) is 7.35. The van der Waals surface area contributed by atoms with Crippen LogP contribution < -0.4 is 9.47 Å². The molecular weight excluding hydrogens is 390 g/mol. The molecule has 0 saturated heterocycles. The van der Waals surface area contributed by atoms with Gasteiger partial charge >= 0.3 is 0 Å². The third kappa shape index (κ3) is 3.59. The lowest BCUT2D eigenvalue weighted by molar-refractivity contribution is 0.355. The second kappa shape index (κ2) is 8.10. The molecule has 0 aliphatic carbocycles. The maximum absolute atomic E-state index is 5.45. The number of benzene rings is 2. The van der Waals surface area contributed by atoms with Crippen molar-refractivity contribution < 1.29 is 9.47 Å². The van der Waals surface area contributed by atoms with Crippen LogP contribution in [0, 0.1) is 0 Å². The summed E-state index contributed by atoms with van der Waals surface area (Å²) in [5.74, 6) is 2.74. The summed E-state index contributed by atoms with van der Waals surface area (Å²) in [5, 5.41) is 6.01. The Morgan fingerprint density at radius 2 is 1.84 bits per heavy atom. The Hall–Kier alpha value is -3.87. The lowest BCUT2D eigenvalue weighted by Gasteiger charge is -2.10. The second-order valence-corrected chi connectivity index (χ2v) is 7.35. The molecule has 5 rings (SSSR count). The van der Waals surface area contributed by atoms with Gasteiger partial charge in [0.05, 0.1) is 19.9 Å². The Morgan fingerprint density at radius 1 is 0.968 bits per heavy atom. The number of hydrogen-bond acceptors (Lipinski definition) is 5. The Bertz CT molecular complexity index is 1350. The molecule has 0 bridgehead atoms. The van der Waals surface area contributed by atoms with Gasteiger partial charge in [0.1, 0.15) is 0 Å². The van der Waals surface area contributed by atoms with Crippen molar-refractivity contribution in [3.8, 4) is 22.8 Å². The Balaban J connectivity index is 1.38. The van der Waals surface area contributed by atoms with Gasteiger partial charge in [0.25, 0.3) is 5.78 Å². The summed E-state index contributed by atoms with van der Waals surface area (Å²) in [6.45, 7) is 0. The highest BCUT2D eigenvalue weighted by molar-refractivity contribution is 5.83. The van der Waals surface area contributed by atoms with Crippen molar-refractivity contribution in [2.45, 2.75) is 19.3 Å². The van der Waals surface area contributed by atoms with Crippen molar-refractivity contribution in [1.82, 2.24) is 24.6 Å². The van der Waals surface area contributed by atoms with Gasteiger partial charge in [-0.05, 0) is 48.7 Å². The maximum Gasteiger partial charge on any atom is 0.252 e. The summed E-state index contributed by atoms with van der Waals surface area (Å²) in [7, 11) is 3.26. The van der Waals surface area contributed by atoms with Gasteiger partial charge < -0.3 is 14.5 Å². The van der Waals surface area contributed by atoms with E-state index in [1.165, 1.54) is 16.5 Å². The van der Waals surface area contributed by atoms with Gasteiger partial charge in [0.15, 0.2) is 17.3 Å². The van der Waals surface area contributed by atoms with Crippen LogP contribution in [0.3, 0.4) is 0 Å². The summed E-state index contributed by atoms with van der Waals surface area (Å²) < 4.78 is 12.6. The maximum atomic E-state index is 5.45. The van der Waals surface area contributed by atoms with Crippen LogP contribution in [0.15, 0.2) is 60.9 Å². The van der Waals surface area contributed by atoms with Crippen LogP contribution in [0.4, 0.5) is 0 Å². The fraction of sp³-hybridized carbons (Fsp3) is 0.208. The van der Waals surface area contributed by atoms with E-state index >= 15 is 0 Å². The number of fused-ring (bicyclic) bond motifs is 2. The molecule has 0 spiro atoms. The van der Waals surface area contributed by atoms with Crippen molar-refractivity contribution in [2.75, 3.05) is 14.2 Å². The molecule has 156 valence electrons. The first-order chi connectivity index (χ1) is 15.3. The Kier molecular flexibility index (Phi) is 5.00. The predicted octanol–water partition coefficient (Wildman–Crippen LogP) is 4.47. The highest BCUT2D eigenvalue weighted by atomic mass is 16.5. The van der Waals surface area contributed by atoms with Crippen molar-refractivity contribution >= 4 is 16.7 Å². The number of hydrogen-bond donors (Lipinski definition) is 1. The normalized spacial score (nSPS) is 11.3. The van der Waals surface area contributed by atoms with E-state index in [1.54, 1.807) is 24.9 Å². The molecule has 0 aliphatic heterocycles. The monoisotopic (exact) mass is 413 g/mol. The minimum atomic E-state index is 0.592. The van der Waals surface area contributed by atoms with Crippen LogP contribution in [0.2, 0.25) is 0 Å². The zero-order valence-electron chi connectivity index (χ0n) is 17.5. The lowest BCUT2D eigenvalue weighted by Crippen LogP contribution is -1.98.